The molecule has 4 heterocycles. The first-order valence-corrected chi connectivity index (χ1v) is 11.8. The number of aromatic nitrogens is 2. The van der Waals surface area contributed by atoms with Crippen molar-refractivity contribution in [2.45, 2.75) is 19.8 Å². The molecule has 0 bridgehead atoms. The Morgan fingerprint density at radius 2 is 1.71 bits per heavy atom. The molecular formula is C24H27N5OS. The van der Waals surface area contributed by atoms with Crippen LogP contribution in [0.25, 0.3) is 10.6 Å². The summed E-state index contributed by atoms with van der Waals surface area (Å²) in [6.45, 7) is 7.41. The first kappa shape index (κ1) is 20.0. The molecule has 1 amide bonds. The number of carbonyl (C=O) groups is 1. The molecule has 0 saturated carbocycles. The van der Waals surface area contributed by atoms with Gasteiger partial charge in [-0.1, -0.05) is 18.2 Å². The fourth-order valence-electron chi connectivity index (χ4n) is 4.38. The summed E-state index contributed by atoms with van der Waals surface area (Å²) >= 11 is 1.51. The summed E-state index contributed by atoms with van der Waals surface area (Å²) in [6.07, 6.45) is 4.35. The molecular weight excluding hydrogens is 406 g/mol. The number of benzene rings is 1. The lowest BCUT2D eigenvalue weighted by Crippen LogP contribution is -2.49. The Kier molecular flexibility index (Phi) is 5.59. The molecule has 31 heavy (non-hydrogen) atoms. The zero-order valence-corrected chi connectivity index (χ0v) is 18.6. The third kappa shape index (κ3) is 4.14. The molecule has 0 unspecified atom stereocenters. The molecule has 2 aromatic heterocycles. The number of nitrogens with zero attached hydrogens (tertiary/aromatic N) is 5. The monoisotopic (exact) mass is 433 g/mol. The van der Waals surface area contributed by atoms with Gasteiger partial charge in [0.2, 0.25) is 0 Å². The van der Waals surface area contributed by atoms with Crippen LogP contribution in [0.1, 0.15) is 28.9 Å². The highest BCUT2D eigenvalue weighted by atomic mass is 32.1. The smallest absolute Gasteiger partial charge is 0.273 e. The number of carbonyl (C=O) groups excluding carboxylic acids is 1. The second-order valence-corrected chi connectivity index (χ2v) is 9.06. The summed E-state index contributed by atoms with van der Waals surface area (Å²) in [5, 5.41) is 2.72. The normalized spacial score (nSPS) is 16.7. The van der Waals surface area contributed by atoms with Gasteiger partial charge in [0.1, 0.15) is 16.5 Å². The highest BCUT2D eigenvalue weighted by molar-refractivity contribution is 7.13. The Balaban J connectivity index is 1.23. The third-order valence-electron chi connectivity index (χ3n) is 6.17. The van der Waals surface area contributed by atoms with Crippen molar-refractivity contribution in [2.24, 2.45) is 0 Å². The predicted octanol–water partition coefficient (Wildman–Crippen LogP) is 4.08. The Labute approximate surface area is 187 Å². The number of piperazine rings is 1. The SMILES string of the molecule is Cc1ccccc1N1CCN(C(=O)c2csc(-c3ccc(N4CCCC4)nc3)n2)CC1. The van der Waals surface area contributed by atoms with E-state index in [9.17, 15) is 4.79 Å². The molecule has 3 aromatic rings. The number of hydrogen-bond donors (Lipinski definition) is 0. The van der Waals surface area contributed by atoms with Crippen LogP contribution >= 0.6 is 11.3 Å². The van der Waals surface area contributed by atoms with Crippen molar-refractivity contribution in [1.29, 1.82) is 0 Å². The first-order chi connectivity index (χ1) is 15.2. The Morgan fingerprint density at radius 1 is 0.935 bits per heavy atom. The van der Waals surface area contributed by atoms with Gasteiger partial charge in [0.15, 0.2) is 0 Å². The third-order valence-corrected chi connectivity index (χ3v) is 7.06. The maximum absolute atomic E-state index is 13.0. The van der Waals surface area contributed by atoms with Gasteiger partial charge in [-0.25, -0.2) is 9.97 Å². The van der Waals surface area contributed by atoms with Gasteiger partial charge in [0.05, 0.1) is 0 Å². The van der Waals surface area contributed by atoms with Crippen molar-refractivity contribution in [2.75, 3.05) is 49.1 Å². The molecule has 6 nitrogen and oxygen atoms in total. The molecule has 1 aromatic carbocycles. The van der Waals surface area contributed by atoms with Crippen molar-refractivity contribution in [3.63, 3.8) is 0 Å². The van der Waals surface area contributed by atoms with Crippen LogP contribution in [0.4, 0.5) is 11.5 Å². The van der Waals surface area contributed by atoms with Crippen molar-refractivity contribution < 1.29 is 4.79 Å². The number of rotatable bonds is 4. The summed E-state index contributed by atoms with van der Waals surface area (Å²) in [5.41, 5.74) is 4.04. The zero-order chi connectivity index (χ0) is 21.2. The van der Waals surface area contributed by atoms with E-state index in [4.69, 9.17) is 0 Å². The largest absolute Gasteiger partial charge is 0.368 e. The number of amides is 1. The Morgan fingerprint density at radius 3 is 2.42 bits per heavy atom. The van der Waals surface area contributed by atoms with E-state index in [1.807, 2.05) is 16.5 Å². The lowest BCUT2D eigenvalue weighted by atomic mass is 10.1. The quantitative estimate of drug-likeness (QED) is 0.621. The van der Waals surface area contributed by atoms with Gasteiger partial charge < -0.3 is 14.7 Å². The minimum atomic E-state index is 0.0218. The summed E-state index contributed by atoms with van der Waals surface area (Å²) < 4.78 is 0. The molecule has 0 atom stereocenters. The minimum absolute atomic E-state index is 0.0218. The fraction of sp³-hybridized carbons (Fsp3) is 0.375. The van der Waals surface area contributed by atoms with Crippen molar-refractivity contribution in [3.05, 3.63) is 59.2 Å². The van der Waals surface area contributed by atoms with Crippen LogP contribution < -0.4 is 9.80 Å². The molecule has 2 aliphatic heterocycles. The molecule has 0 spiro atoms. The predicted molar refractivity (Wildman–Crippen MR) is 126 cm³/mol. The van der Waals surface area contributed by atoms with Crippen LogP contribution in [0.3, 0.4) is 0 Å². The molecule has 0 aliphatic carbocycles. The second kappa shape index (κ2) is 8.67. The number of aryl methyl sites for hydroxylation is 1. The van der Waals surface area contributed by atoms with Crippen LogP contribution in [0.5, 0.6) is 0 Å². The van der Waals surface area contributed by atoms with Crippen molar-refractivity contribution in [3.8, 4) is 10.6 Å². The summed E-state index contributed by atoms with van der Waals surface area (Å²) in [4.78, 5) is 28.9. The number of anilines is 2. The fourth-order valence-corrected chi connectivity index (χ4v) is 5.17. The number of hydrogen-bond acceptors (Lipinski definition) is 6. The molecule has 7 heteroatoms. The topological polar surface area (TPSA) is 52.6 Å². The Bertz CT molecular complexity index is 1050. The maximum Gasteiger partial charge on any atom is 0.273 e. The zero-order valence-electron chi connectivity index (χ0n) is 17.8. The second-order valence-electron chi connectivity index (χ2n) is 8.20. The van der Waals surface area contributed by atoms with Gasteiger partial charge in [-0.05, 0) is 43.5 Å². The van der Waals surface area contributed by atoms with Crippen molar-refractivity contribution >= 4 is 28.7 Å². The maximum atomic E-state index is 13.0. The van der Waals surface area contributed by atoms with E-state index >= 15 is 0 Å². The van der Waals surface area contributed by atoms with Gasteiger partial charge in [-0.15, -0.1) is 11.3 Å². The standard InChI is InChI=1S/C24H27N5OS/c1-18-6-2-3-7-21(18)27-12-14-29(15-13-27)24(30)20-17-31-23(26-20)19-8-9-22(25-16-19)28-10-4-5-11-28/h2-3,6-9,16-17H,4-5,10-15H2,1H3. The number of pyridine rings is 1. The summed E-state index contributed by atoms with van der Waals surface area (Å²) in [5.74, 6) is 1.05. The van der Waals surface area contributed by atoms with E-state index in [2.05, 4.69) is 63.1 Å². The Hall–Kier alpha value is -2.93. The lowest BCUT2D eigenvalue weighted by Gasteiger charge is -2.36. The van der Waals surface area contributed by atoms with Gasteiger partial charge >= 0.3 is 0 Å². The molecule has 2 fully saturated rings. The van der Waals surface area contributed by atoms with Gasteiger partial charge in [-0.3, -0.25) is 4.79 Å². The minimum Gasteiger partial charge on any atom is -0.368 e. The molecule has 5 rings (SSSR count). The molecule has 0 N–H and O–H groups in total. The molecule has 2 aliphatic rings. The van der Waals surface area contributed by atoms with Crippen molar-refractivity contribution in [1.82, 2.24) is 14.9 Å². The highest BCUT2D eigenvalue weighted by Crippen LogP contribution is 2.27. The molecule has 2 saturated heterocycles. The van der Waals surface area contributed by atoms with E-state index < -0.39 is 0 Å². The number of thiazole rings is 1. The lowest BCUT2D eigenvalue weighted by molar-refractivity contribution is 0.0742. The van der Waals surface area contributed by atoms with Crippen LogP contribution in [-0.4, -0.2) is 60.0 Å². The summed E-state index contributed by atoms with van der Waals surface area (Å²) in [7, 11) is 0. The average molecular weight is 434 g/mol. The van der Waals surface area contributed by atoms with Crippen LogP contribution in [-0.2, 0) is 0 Å². The molecule has 160 valence electrons. The van der Waals surface area contributed by atoms with E-state index in [1.165, 1.54) is 35.4 Å². The van der Waals surface area contributed by atoms with Crippen LogP contribution in [0, 0.1) is 6.92 Å². The van der Waals surface area contributed by atoms with Gasteiger partial charge in [0.25, 0.3) is 5.91 Å². The number of para-hydroxylation sites is 1. The summed E-state index contributed by atoms with van der Waals surface area (Å²) in [6, 6.07) is 12.6. The molecule has 0 radical (unpaired) electrons. The first-order valence-electron chi connectivity index (χ1n) is 11.0. The van der Waals surface area contributed by atoms with E-state index in [0.29, 0.717) is 18.8 Å². The van der Waals surface area contributed by atoms with E-state index in [0.717, 1.165) is 42.6 Å². The van der Waals surface area contributed by atoms with E-state index in [1.54, 1.807) is 0 Å². The van der Waals surface area contributed by atoms with E-state index in [-0.39, 0.29) is 5.91 Å². The average Bonchev–Trinajstić information content (AvgIpc) is 3.52. The highest BCUT2D eigenvalue weighted by Gasteiger charge is 2.25. The van der Waals surface area contributed by atoms with Gasteiger partial charge in [-0.2, -0.15) is 0 Å². The van der Waals surface area contributed by atoms with Gasteiger partial charge in [0, 0.05) is 62.1 Å². The van der Waals surface area contributed by atoms with Crippen LogP contribution in [0.15, 0.2) is 48.0 Å². The van der Waals surface area contributed by atoms with Crippen LogP contribution in [0.2, 0.25) is 0 Å².